The summed E-state index contributed by atoms with van der Waals surface area (Å²) in [5.41, 5.74) is 0. The van der Waals surface area contributed by atoms with E-state index in [-0.39, 0.29) is 6.10 Å². The van der Waals surface area contributed by atoms with Gasteiger partial charge in [-0.05, 0) is 19.4 Å². The van der Waals surface area contributed by atoms with E-state index in [0.717, 1.165) is 19.4 Å². The largest absolute Gasteiger partial charge is 0.392 e. The molecular weight excluding hydrogens is 128 g/mol. The van der Waals surface area contributed by atoms with E-state index < -0.39 is 0 Å². The number of hydrogen-bond donors (Lipinski definition) is 1. The van der Waals surface area contributed by atoms with Gasteiger partial charge < -0.3 is 5.11 Å². The summed E-state index contributed by atoms with van der Waals surface area (Å²) in [6.07, 6.45) is 1.70. The van der Waals surface area contributed by atoms with E-state index in [2.05, 4.69) is 6.07 Å². The molecule has 1 N–H and O–H groups in total. The first kappa shape index (κ1) is 7.52. The predicted octanol–water partition coefficient (Wildman–Crippen LogP) is -0.0333. The van der Waals surface area contributed by atoms with Crippen LogP contribution < -0.4 is 0 Å². The Morgan fingerprint density at radius 1 is 1.70 bits per heavy atom. The first-order valence-corrected chi connectivity index (χ1v) is 3.60. The van der Waals surface area contributed by atoms with Crippen LogP contribution in [0, 0.1) is 11.3 Å². The predicted molar refractivity (Wildman–Crippen MR) is 37.3 cm³/mol. The topological polar surface area (TPSA) is 47.3 Å². The lowest BCUT2D eigenvalue weighted by Gasteiger charge is -2.27. The Morgan fingerprint density at radius 2 is 2.50 bits per heavy atom. The molecule has 0 unspecified atom stereocenters. The zero-order chi connectivity index (χ0) is 7.40. The maximum atomic E-state index is 9.16. The van der Waals surface area contributed by atoms with Crippen LogP contribution in [0.4, 0.5) is 0 Å². The third-order valence-corrected chi connectivity index (χ3v) is 1.77. The maximum absolute atomic E-state index is 9.16. The van der Waals surface area contributed by atoms with E-state index >= 15 is 0 Å². The Morgan fingerprint density at radius 3 is 3.10 bits per heavy atom. The number of aliphatic hydroxyl groups is 1. The molecule has 1 saturated heterocycles. The number of nitriles is 1. The van der Waals surface area contributed by atoms with Crippen LogP contribution in [0.2, 0.25) is 0 Å². The average Bonchev–Trinajstić information content (AvgIpc) is 1.88. The lowest BCUT2D eigenvalue weighted by molar-refractivity contribution is 0.0778. The van der Waals surface area contributed by atoms with Crippen molar-refractivity contribution in [3.8, 4) is 6.07 Å². The molecule has 3 heteroatoms. The first-order chi connectivity index (χ1) is 4.83. The van der Waals surface area contributed by atoms with Crippen molar-refractivity contribution in [2.75, 3.05) is 19.6 Å². The molecule has 0 saturated carbocycles. The van der Waals surface area contributed by atoms with Gasteiger partial charge in [0.1, 0.15) is 0 Å². The Kier molecular flexibility index (Phi) is 2.67. The molecule has 0 radical (unpaired) electrons. The number of piperidine rings is 1. The maximum Gasteiger partial charge on any atom is 0.0866 e. The van der Waals surface area contributed by atoms with Gasteiger partial charge in [0.2, 0.25) is 0 Å². The van der Waals surface area contributed by atoms with Crippen LogP contribution in [0.15, 0.2) is 0 Å². The molecule has 10 heavy (non-hydrogen) atoms. The molecule has 0 aromatic heterocycles. The van der Waals surface area contributed by atoms with E-state index in [1.165, 1.54) is 0 Å². The van der Waals surface area contributed by atoms with Gasteiger partial charge in [0.15, 0.2) is 0 Å². The molecule has 1 fully saturated rings. The molecule has 0 aromatic rings. The van der Waals surface area contributed by atoms with E-state index in [1.54, 1.807) is 0 Å². The number of likely N-dealkylation sites (tertiary alicyclic amines) is 1. The quantitative estimate of drug-likeness (QED) is 0.520. The minimum atomic E-state index is -0.206. The van der Waals surface area contributed by atoms with Crippen LogP contribution in [0.3, 0.4) is 0 Å². The molecule has 0 aromatic carbocycles. The van der Waals surface area contributed by atoms with Gasteiger partial charge in [-0.15, -0.1) is 0 Å². The van der Waals surface area contributed by atoms with Gasteiger partial charge in [-0.3, -0.25) is 4.90 Å². The fourth-order valence-corrected chi connectivity index (χ4v) is 1.27. The number of nitrogens with zero attached hydrogens (tertiary/aromatic N) is 2. The smallest absolute Gasteiger partial charge is 0.0866 e. The van der Waals surface area contributed by atoms with Gasteiger partial charge in [-0.25, -0.2) is 0 Å². The Balaban J connectivity index is 2.27. The highest BCUT2D eigenvalue weighted by Gasteiger charge is 2.16. The molecule has 0 aliphatic carbocycles. The third-order valence-electron chi connectivity index (χ3n) is 1.77. The SMILES string of the molecule is N#CCN1CCC[C@@H](O)C1. The Hall–Kier alpha value is -0.590. The molecule has 1 rings (SSSR count). The molecule has 1 aliphatic rings. The minimum Gasteiger partial charge on any atom is -0.392 e. The molecule has 0 spiro atoms. The van der Waals surface area contributed by atoms with Crippen molar-refractivity contribution < 1.29 is 5.11 Å². The second-order valence-electron chi connectivity index (χ2n) is 2.69. The highest BCUT2D eigenvalue weighted by Crippen LogP contribution is 2.08. The van der Waals surface area contributed by atoms with Crippen molar-refractivity contribution in [1.82, 2.24) is 4.90 Å². The third kappa shape index (κ3) is 1.98. The monoisotopic (exact) mass is 140 g/mol. The van der Waals surface area contributed by atoms with Gasteiger partial charge in [0.25, 0.3) is 0 Å². The second kappa shape index (κ2) is 3.55. The number of hydrogen-bond acceptors (Lipinski definition) is 3. The van der Waals surface area contributed by atoms with Gasteiger partial charge in [0.05, 0.1) is 18.7 Å². The van der Waals surface area contributed by atoms with E-state index in [9.17, 15) is 0 Å². The Bertz CT molecular complexity index is 141. The van der Waals surface area contributed by atoms with E-state index in [0.29, 0.717) is 13.1 Å². The molecular formula is C7H12N2O. The number of rotatable bonds is 1. The summed E-state index contributed by atoms with van der Waals surface area (Å²) in [7, 11) is 0. The minimum absolute atomic E-state index is 0.206. The van der Waals surface area contributed by atoms with Crippen molar-refractivity contribution in [2.24, 2.45) is 0 Å². The summed E-state index contributed by atoms with van der Waals surface area (Å²) in [6.45, 7) is 2.09. The zero-order valence-corrected chi connectivity index (χ0v) is 5.95. The second-order valence-corrected chi connectivity index (χ2v) is 2.69. The molecule has 1 aliphatic heterocycles. The molecule has 0 amide bonds. The van der Waals surface area contributed by atoms with E-state index in [1.807, 2.05) is 4.90 Å². The zero-order valence-electron chi connectivity index (χ0n) is 5.95. The molecule has 1 heterocycles. The highest BCUT2D eigenvalue weighted by atomic mass is 16.3. The average molecular weight is 140 g/mol. The van der Waals surface area contributed by atoms with Crippen molar-refractivity contribution in [2.45, 2.75) is 18.9 Å². The first-order valence-electron chi connectivity index (χ1n) is 3.60. The highest BCUT2D eigenvalue weighted by molar-refractivity contribution is 4.80. The van der Waals surface area contributed by atoms with Gasteiger partial charge in [-0.1, -0.05) is 0 Å². The Labute approximate surface area is 60.9 Å². The van der Waals surface area contributed by atoms with Crippen LogP contribution in [-0.2, 0) is 0 Å². The standard InChI is InChI=1S/C7H12N2O/c8-3-5-9-4-1-2-7(10)6-9/h7,10H,1-2,4-6H2/t7-/m1/s1. The van der Waals surface area contributed by atoms with Crippen LogP contribution in [0.25, 0.3) is 0 Å². The lowest BCUT2D eigenvalue weighted by Crippen LogP contribution is -2.38. The molecule has 3 nitrogen and oxygen atoms in total. The molecule has 56 valence electrons. The summed E-state index contributed by atoms with van der Waals surface area (Å²) in [5, 5.41) is 17.5. The van der Waals surface area contributed by atoms with Gasteiger partial charge in [-0.2, -0.15) is 5.26 Å². The number of aliphatic hydroxyl groups excluding tert-OH is 1. The van der Waals surface area contributed by atoms with Crippen molar-refractivity contribution in [1.29, 1.82) is 5.26 Å². The van der Waals surface area contributed by atoms with Crippen LogP contribution in [-0.4, -0.2) is 35.7 Å². The summed E-state index contributed by atoms with van der Waals surface area (Å²) < 4.78 is 0. The molecule has 1 atom stereocenters. The van der Waals surface area contributed by atoms with Gasteiger partial charge >= 0.3 is 0 Å². The summed E-state index contributed by atoms with van der Waals surface area (Å²) in [4.78, 5) is 1.98. The van der Waals surface area contributed by atoms with Crippen molar-refractivity contribution >= 4 is 0 Å². The normalized spacial score (nSPS) is 27.8. The fourth-order valence-electron chi connectivity index (χ4n) is 1.27. The van der Waals surface area contributed by atoms with Crippen LogP contribution in [0.1, 0.15) is 12.8 Å². The van der Waals surface area contributed by atoms with Crippen LogP contribution >= 0.6 is 0 Å². The summed E-state index contributed by atoms with van der Waals surface area (Å²) in [6, 6.07) is 2.07. The lowest BCUT2D eigenvalue weighted by atomic mass is 10.1. The van der Waals surface area contributed by atoms with Crippen molar-refractivity contribution in [3.63, 3.8) is 0 Å². The van der Waals surface area contributed by atoms with Crippen molar-refractivity contribution in [3.05, 3.63) is 0 Å². The molecule has 0 bridgehead atoms. The van der Waals surface area contributed by atoms with E-state index in [4.69, 9.17) is 10.4 Å². The summed E-state index contributed by atoms with van der Waals surface area (Å²) in [5.74, 6) is 0. The van der Waals surface area contributed by atoms with Crippen LogP contribution in [0.5, 0.6) is 0 Å². The van der Waals surface area contributed by atoms with Gasteiger partial charge in [0, 0.05) is 6.54 Å². The number of β-amino-alcohol motifs (C(OH)–C–C–N with tert-alkyl or cyclic N) is 1. The summed E-state index contributed by atoms with van der Waals surface area (Å²) >= 11 is 0. The fraction of sp³-hybridized carbons (Fsp3) is 0.857.